The van der Waals surface area contributed by atoms with Crippen LogP contribution in [-0.4, -0.2) is 38.1 Å². The highest BCUT2D eigenvalue weighted by atomic mass is 32.2. The number of thiazole rings is 2. The third-order valence-corrected chi connectivity index (χ3v) is 9.10. The topological polar surface area (TPSA) is 93.2 Å². The second-order valence-corrected chi connectivity index (χ2v) is 12.5. The lowest BCUT2D eigenvalue weighted by Gasteiger charge is -2.29. The fraction of sp³-hybridized carbons (Fsp3) is 0.478. The molecular weight excluding hydrogens is 476 g/mol. The molecule has 1 aromatic carbocycles. The molecule has 33 heavy (non-hydrogen) atoms. The molecule has 10 heteroatoms. The Morgan fingerprint density at radius 1 is 1.12 bits per heavy atom. The molecule has 3 aromatic rings. The smallest absolute Gasteiger partial charge is 0.244 e. The number of nitrogens with zero attached hydrogens (tertiary/aromatic N) is 2. The van der Waals surface area contributed by atoms with Crippen molar-refractivity contribution in [1.82, 2.24) is 14.7 Å². The Hall–Kier alpha value is -2.01. The van der Waals surface area contributed by atoms with E-state index in [1.54, 1.807) is 34.8 Å². The summed E-state index contributed by atoms with van der Waals surface area (Å²) < 4.78 is 33.7. The van der Waals surface area contributed by atoms with E-state index in [2.05, 4.69) is 27.3 Å². The van der Waals surface area contributed by atoms with Crippen LogP contribution >= 0.6 is 22.7 Å². The lowest BCUT2D eigenvalue weighted by atomic mass is 9.86. The van der Waals surface area contributed by atoms with Gasteiger partial charge in [0, 0.05) is 22.8 Å². The van der Waals surface area contributed by atoms with Gasteiger partial charge in [0.15, 0.2) is 5.13 Å². The molecule has 1 saturated carbocycles. The zero-order valence-electron chi connectivity index (χ0n) is 19.3. The average molecular weight is 507 g/mol. The van der Waals surface area contributed by atoms with Crippen LogP contribution in [0.2, 0.25) is 0 Å². The molecule has 0 saturated heterocycles. The molecule has 2 aromatic heterocycles. The predicted molar refractivity (Wildman–Crippen MR) is 135 cm³/mol. The second-order valence-electron chi connectivity index (χ2n) is 8.54. The van der Waals surface area contributed by atoms with Crippen LogP contribution in [-0.2, 0) is 10.0 Å². The summed E-state index contributed by atoms with van der Waals surface area (Å²) in [5.41, 5.74) is 2.79. The highest BCUT2D eigenvalue weighted by Gasteiger charge is 2.25. The van der Waals surface area contributed by atoms with Crippen molar-refractivity contribution >= 4 is 37.8 Å². The first-order chi connectivity index (χ1) is 15.7. The first kappa shape index (κ1) is 24.1. The number of ether oxygens (including phenoxy) is 1. The number of sulfonamides is 1. The largest absolute Gasteiger partial charge is 0.495 e. The van der Waals surface area contributed by atoms with Gasteiger partial charge in [0.1, 0.15) is 22.0 Å². The number of hydrogen-bond donors (Lipinski definition) is 2. The fourth-order valence-electron chi connectivity index (χ4n) is 4.20. The van der Waals surface area contributed by atoms with E-state index >= 15 is 0 Å². The molecule has 0 amide bonds. The molecule has 0 radical (unpaired) electrons. The highest BCUT2D eigenvalue weighted by Crippen LogP contribution is 2.32. The Balaban J connectivity index is 1.29. The molecule has 4 rings (SSSR count). The van der Waals surface area contributed by atoms with E-state index in [1.807, 2.05) is 19.9 Å². The summed E-state index contributed by atoms with van der Waals surface area (Å²) in [4.78, 5) is 10.7. The number of hydrogen-bond acceptors (Lipinski definition) is 8. The Labute approximate surface area is 203 Å². The molecule has 1 aliphatic carbocycles. The Bertz CT molecular complexity index is 1210. The molecular formula is C23H30N4O3S3. The minimum Gasteiger partial charge on any atom is -0.495 e. The van der Waals surface area contributed by atoms with Gasteiger partial charge in [-0.15, -0.1) is 22.7 Å². The molecule has 0 bridgehead atoms. The van der Waals surface area contributed by atoms with Gasteiger partial charge in [-0.2, -0.15) is 0 Å². The zero-order chi connectivity index (χ0) is 23.6. The Kier molecular flexibility index (Phi) is 7.37. The van der Waals surface area contributed by atoms with Gasteiger partial charge in [0.2, 0.25) is 10.0 Å². The van der Waals surface area contributed by atoms with E-state index in [0.29, 0.717) is 24.3 Å². The van der Waals surface area contributed by atoms with E-state index < -0.39 is 10.0 Å². The van der Waals surface area contributed by atoms with Crippen molar-refractivity contribution in [2.24, 2.45) is 5.92 Å². The van der Waals surface area contributed by atoms with Crippen LogP contribution in [0.3, 0.4) is 0 Å². The zero-order valence-corrected chi connectivity index (χ0v) is 21.8. The second kappa shape index (κ2) is 10.1. The van der Waals surface area contributed by atoms with Crippen molar-refractivity contribution in [1.29, 1.82) is 0 Å². The number of benzene rings is 1. The molecule has 178 valence electrons. The van der Waals surface area contributed by atoms with Crippen LogP contribution in [0.1, 0.15) is 41.1 Å². The molecule has 0 atom stereocenters. The third-order valence-electron chi connectivity index (χ3n) is 6.00. The summed E-state index contributed by atoms with van der Waals surface area (Å²) in [5, 5.41) is 7.60. The van der Waals surface area contributed by atoms with Gasteiger partial charge in [-0.3, -0.25) is 0 Å². The Morgan fingerprint density at radius 3 is 2.55 bits per heavy atom. The third kappa shape index (κ3) is 5.74. The maximum absolute atomic E-state index is 12.8. The van der Waals surface area contributed by atoms with Gasteiger partial charge in [-0.25, -0.2) is 23.1 Å². The summed E-state index contributed by atoms with van der Waals surface area (Å²) in [5.74, 6) is 0.688. The fourth-order valence-corrected chi connectivity index (χ4v) is 7.17. The van der Waals surface area contributed by atoms with E-state index in [9.17, 15) is 8.42 Å². The average Bonchev–Trinajstić information content (AvgIpc) is 3.38. The maximum Gasteiger partial charge on any atom is 0.244 e. The molecule has 2 heterocycles. The highest BCUT2D eigenvalue weighted by molar-refractivity contribution is 7.89. The van der Waals surface area contributed by atoms with Crippen molar-refractivity contribution in [2.75, 3.05) is 19.0 Å². The van der Waals surface area contributed by atoms with Crippen LogP contribution in [0.5, 0.6) is 5.75 Å². The number of aromatic nitrogens is 2. The molecule has 0 unspecified atom stereocenters. The lowest BCUT2D eigenvalue weighted by molar-refractivity contribution is 0.337. The monoisotopic (exact) mass is 506 g/mol. The standard InChI is InChI=1S/C23H30N4O3S3/c1-14-5-10-20(30-4)21(11-14)33(28,29)24-12-17-6-8-18(9-7-17)26-23-27-19(13-31-23)22-15(2)32-16(3)25-22/h5,10-11,13,17-18,24H,6-9,12H2,1-4H3,(H,26,27)/t17-,18-. The van der Waals surface area contributed by atoms with Gasteiger partial charge >= 0.3 is 0 Å². The summed E-state index contributed by atoms with van der Waals surface area (Å²) in [6.07, 6.45) is 3.91. The maximum atomic E-state index is 12.8. The van der Waals surface area contributed by atoms with Crippen LogP contribution in [0.4, 0.5) is 5.13 Å². The van der Waals surface area contributed by atoms with Crippen molar-refractivity contribution < 1.29 is 13.2 Å². The summed E-state index contributed by atoms with van der Waals surface area (Å²) in [7, 11) is -2.13. The van der Waals surface area contributed by atoms with Gasteiger partial charge in [0.05, 0.1) is 12.1 Å². The lowest BCUT2D eigenvalue weighted by Crippen LogP contribution is -2.34. The molecule has 1 aliphatic rings. The number of aryl methyl sites for hydroxylation is 3. The number of methoxy groups -OCH3 is 1. The van der Waals surface area contributed by atoms with E-state index in [-0.39, 0.29) is 4.90 Å². The van der Waals surface area contributed by atoms with Crippen molar-refractivity contribution in [3.63, 3.8) is 0 Å². The van der Waals surface area contributed by atoms with E-state index in [0.717, 1.165) is 52.8 Å². The SMILES string of the molecule is COc1ccc(C)cc1S(=O)(=O)NC[C@H]1CC[C@H](Nc2nc(-c3nc(C)sc3C)cs2)CC1. The van der Waals surface area contributed by atoms with Crippen LogP contribution in [0.15, 0.2) is 28.5 Å². The van der Waals surface area contributed by atoms with E-state index in [1.165, 1.54) is 12.0 Å². The van der Waals surface area contributed by atoms with Gasteiger partial charge < -0.3 is 10.1 Å². The number of anilines is 1. The summed E-state index contributed by atoms with van der Waals surface area (Å²) >= 11 is 3.31. The minimum atomic E-state index is -3.62. The van der Waals surface area contributed by atoms with E-state index in [4.69, 9.17) is 9.72 Å². The normalized spacial score (nSPS) is 18.9. The van der Waals surface area contributed by atoms with Crippen LogP contribution in [0.25, 0.3) is 11.4 Å². The first-order valence-corrected chi connectivity index (χ1v) is 14.2. The van der Waals surface area contributed by atoms with Crippen molar-refractivity contribution in [3.8, 4) is 17.1 Å². The predicted octanol–water partition coefficient (Wildman–Crippen LogP) is 5.15. The number of nitrogens with one attached hydrogen (secondary N) is 2. The van der Waals surface area contributed by atoms with Crippen LogP contribution < -0.4 is 14.8 Å². The minimum absolute atomic E-state index is 0.200. The number of rotatable bonds is 8. The summed E-state index contributed by atoms with van der Waals surface area (Å²) in [6, 6.07) is 5.55. The van der Waals surface area contributed by atoms with Crippen molar-refractivity contribution in [2.45, 2.75) is 57.4 Å². The van der Waals surface area contributed by atoms with Gasteiger partial charge in [-0.1, -0.05) is 6.07 Å². The molecule has 1 fully saturated rings. The van der Waals surface area contributed by atoms with Gasteiger partial charge in [0.25, 0.3) is 0 Å². The van der Waals surface area contributed by atoms with Gasteiger partial charge in [-0.05, 0) is 70.1 Å². The van der Waals surface area contributed by atoms with Crippen molar-refractivity contribution in [3.05, 3.63) is 39.0 Å². The first-order valence-electron chi connectivity index (χ1n) is 11.1. The molecule has 0 spiro atoms. The molecule has 7 nitrogen and oxygen atoms in total. The summed E-state index contributed by atoms with van der Waals surface area (Å²) in [6.45, 7) is 6.41. The molecule has 2 N–H and O–H groups in total. The molecule has 0 aliphatic heterocycles. The Morgan fingerprint density at radius 2 is 1.88 bits per heavy atom. The quantitative estimate of drug-likeness (QED) is 0.439. The van der Waals surface area contributed by atoms with Crippen LogP contribution in [0, 0.1) is 26.7 Å².